The standard InChI is InChI=1S/C15H22N2O5S/c1-3-4-8-16-15(18)7-9-17(23(2,19)20)12-5-6-13-14(10-12)22-11-21-13/h5-6,10H,3-4,7-9,11H2,1-2H3,(H,16,18). The summed E-state index contributed by atoms with van der Waals surface area (Å²) in [6.07, 6.45) is 3.12. The molecule has 1 amide bonds. The van der Waals surface area contributed by atoms with Gasteiger partial charge < -0.3 is 14.8 Å². The number of hydrogen-bond donors (Lipinski definition) is 1. The average Bonchev–Trinajstić information content (AvgIpc) is 2.94. The van der Waals surface area contributed by atoms with Gasteiger partial charge in [0.15, 0.2) is 11.5 Å². The van der Waals surface area contributed by atoms with E-state index in [1.165, 1.54) is 4.31 Å². The molecule has 0 atom stereocenters. The molecule has 1 aromatic carbocycles. The number of amides is 1. The van der Waals surface area contributed by atoms with E-state index < -0.39 is 10.0 Å². The van der Waals surface area contributed by atoms with Gasteiger partial charge in [0, 0.05) is 25.6 Å². The van der Waals surface area contributed by atoms with Crippen molar-refractivity contribution < 1.29 is 22.7 Å². The summed E-state index contributed by atoms with van der Waals surface area (Å²) in [7, 11) is -3.50. The fraction of sp³-hybridized carbons (Fsp3) is 0.533. The lowest BCUT2D eigenvalue weighted by Crippen LogP contribution is -2.34. The molecule has 0 radical (unpaired) electrons. The van der Waals surface area contributed by atoms with Gasteiger partial charge in [0.25, 0.3) is 0 Å². The first-order valence-electron chi connectivity index (χ1n) is 7.56. The molecular formula is C15H22N2O5S. The van der Waals surface area contributed by atoms with Gasteiger partial charge in [-0.15, -0.1) is 0 Å². The predicted octanol–water partition coefficient (Wildman–Crippen LogP) is 1.49. The molecule has 0 saturated heterocycles. The van der Waals surface area contributed by atoms with Crippen LogP contribution in [0.4, 0.5) is 5.69 Å². The van der Waals surface area contributed by atoms with E-state index in [1.54, 1.807) is 18.2 Å². The van der Waals surface area contributed by atoms with Crippen molar-refractivity contribution in [3.63, 3.8) is 0 Å². The molecule has 0 bridgehead atoms. The second-order valence-electron chi connectivity index (χ2n) is 5.33. The summed E-state index contributed by atoms with van der Waals surface area (Å²) < 4.78 is 35.7. The Morgan fingerprint density at radius 3 is 2.74 bits per heavy atom. The summed E-state index contributed by atoms with van der Waals surface area (Å²) >= 11 is 0. The number of hydrogen-bond acceptors (Lipinski definition) is 5. The maximum Gasteiger partial charge on any atom is 0.232 e. The molecule has 1 aromatic rings. The van der Waals surface area contributed by atoms with Crippen LogP contribution in [-0.4, -0.2) is 40.5 Å². The normalized spacial score (nSPS) is 13.0. The minimum atomic E-state index is -3.50. The first kappa shape index (κ1) is 17.4. The van der Waals surface area contributed by atoms with Crippen LogP contribution in [-0.2, 0) is 14.8 Å². The molecule has 0 aromatic heterocycles. The summed E-state index contributed by atoms with van der Waals surface area (Å²) in [6, 6.07) is 4.92. The van der Waals surface area contributed by atoms with Crippen LogP contribution < -0.4 is 19.1 Å². The smallest absolute Gasteiger partial charge is 0.232 e. The molecule has 0 aliphatic carbocycles. The van der Waals surface area contributed by atoms with E-state index in [9.17, 15) is 13.2 Å². The van der Waals surface area contributed by atoms with Gasteiger partial charge in [-0.1, -0.05) is 13.3 Å². The predicted molar refractivity (Wildman–Crippen MR) is 87.3 cm³/mol. The van der Waals surface area contributed by atoms with Gasteiger partial charge in [0.05, 0.1) is 11.9 Å². The van der Waals surface area contributed by atoms with E-state index in [-0.39, 0.29) is 25.7 Å². The van der Waals surface area contributed by atoms with Crippen LogP contribution in [0.1, 0.15) is 26.2 Å². The van der Waals surface area contributed by atoms with Crippen LogP contribution in [0.2, 0.25) is 0 Å². The van der Waals surface area contributed by atoms with Crippen LogP contribution in [0.25, 0.3) is 0 Å². The van der Waals surface area contributed by atoms with E-state index in [2.05, 4.69) is 5.32 Å². The van der Waals surface area contributed by atoms with E-state index in [1.807, 2.05) is 6.92 Å². The van der Waals surface area contributed by atoms with E-state index in [4.69, 9.17) is 9.47 Å². The third-order valence-corrected chi connectivity index (χ3v) is 4.63. The van der Waals surface area contributed by atoms with Crippen molar-refractivity contribution in [2.45, 2.75) is 26.2 Å². The molecule has 7 nitrogen and oxygen atoms in total. The van der Waals surface area contributed by atoms with Gasteiger partial charge in [0.1, 0.15) is 0 Å². The molecule has 1 aliphatic rings. The topological polar surface area (TPSA) is 84.9 Å². The molecule has 0 saturated carbocycles. The van der Waals surface area contributed by atoms with Gasteiger partial charge in [-0.25, -0.2) is 8.42 Å². The summed E-state index contributed by atoms with van der Waals surface area (Å²) in [5.74, 6) is 0.927. The summed E-state index contributed by atoms with van der Waals surface area (Å²) in [4.78, 5) is 11.8. The monoisotopic (exact) mass is 342 g/mol. The summed E-state index contributed by atoms with van der Waals surface area (Å²) in [5.41, 5.74) is 0.457. The maximum atomic E-state index is 12.0. The average molecular weight is 342 g/mol. The summed E-state index contributed by atoms with van der Waals surface area (Å²) in [5, 5.41) is 2.78. The number of anilines is 1. The fourth-order valence-corrected chi connectivity index (χ4v) is 3.14. The number of rotatable bonds is 8. The second kappa shape index (κ2) is 7.54. The highest BCUT2D eigenvalue weighted by Crippen LogP contribution is 2.36. The van der Waals surface area contributed by atoms with Gasteiger partial charge in [-0.2, -0.15) is 0 Å². The highest BCUT2D eigenvalue weighted by molar-refractivity contribution is 7.92. The number of nitrogens with zero attached hydrogens (tertiary/aromatic N) is 1. The molecule has 8 heteroatoms. The molecule has 1 N–H and O–H groups in total. The van der Waals surface area contributed by atoms with Crippen molar-refractivity contribution >= 4 is 21.6 Å². The lowest BCUT2D eigenvalue weighted by atomic mass is 10.2. The van der Waals surface area contributed by atoms with Crippen LogP contribution in [0, 0.1) is 0 Å². The number of carbonyl (C=O) groups excluding carboxylic acids is 1. The van der Waals surface area contributed by atoms with Crippen molar-refractivity contribution in [3.8, 4) is 11.5 Å². The Balaban J connectivity index is 2.05. The third-order valence-electron chi connectivity index (χ3n) is 3.44. The zero-order chi connectivity index (χ0) is 16.9. The number of carbonyl (C=O) groups is 1. The molecule has 1 heterocycles. The van der Waals surface area contributed by atoms with Crippen LogP contribution in [0.3, 0.4) is 0 Å². The molecule has 128 valence electrons. The van der Waals surface area contributed by atoms with Crippen molar-refractivity contribution in [3.05, 3.63) is 18.2 Å². The largest absolute Gasteiger partial charge is 0.454 e. The number of fused-ring (bicyclic) bond motifs is 1. The maximum absolute atomic E-state index is 12.0. The van der Waals surface area contributed by atoms with Gasteiger partial charge in [-0.3, -0.25) is 9.10 Å². The van der Waals surface area contributed by atoms with E-state index >= 15 is 0 Å². The van der Waals surface area contributed by atoms with Crippen molar-refractivity contribution in [1.29, 1.82) is 0 Å². The van der Waals surface area contributed by atoms with Crippen molar-refractivity contribution in [2.75, 3.05) is 30.4 Å². The van der Waals surface area contributed by atoms with Crippen LogP contribution >= 0.6 is 0 Å². The summed E-state index contributed by atoms with van der Waals surface area (Å²) in [6.45, 7) is 2.85. The van der Waals surface area contributed by atoms with Crippen molar-refractivity contribution in [2.24, 2.45) is 0 Å². The SMILES string of the molecule is CCCCNC(=O)CCN(c1ccc2c(c1)OCO2)S(C)(=O)=O. The fourth-order valence-electron chi connectivity index (χ4n) is 2.22. The molecule has 0 unspecified atom stereocenters. The number of ether oxygens (including phenoxy) is 2. The first-order valence-corrected chi connectivity index (χ1v) is 9.40. The zero-order valence-electron chi connectivity index (χ0n) is 13.4. The zero-order valence-corrected chi connectivity index (χ0v) is 14.2. The van der Waals surface area contributed by atoms with Crippen LogP contribution in [0.5, 0.6) is 11.5 Å². The number of benzene rings is 1. The van der Waals surface area contributed by atoms with Crippen molar-refractivity contribution in [1.82, 2.24) is 5.32 Å². The Labute approximate surface area is 136 Å². The van der Waals surface area contributed by atoms with E-state index in [0.29, 0.717) is 23.7 Å². The number of sulfonamides is 1. The molecule has 23 heavy (non-hydrogen) atoms. The van der Waals surface area contributed by atoms with Gasteiger partial charge >= 0.3 is 0 Å². The highest BCUT2D eigenvalue weighted by Gasteiger charge is 2.22. The lowest BCUT2D eigenvalue weighted by molar-refractivity contribution is -0.120. The molecule has 1 aliphatic heterocycles. The Morgan fingerprint density at radius 1 is 1.30 bits per heavy atom. The highest BCUT2D eigenvalue weighted by atomic mass is 32.2. The minimum absolute atomic E-state index is 0.0798. The quantitative estimate of drug-likeness (QED) is 0.724. The van der Waals surface area contributed by atoms with Gasteiger partial charge in [0.2, 0.25) is 22.7 Å². The third kappa shape index (κ3) is 4.75. The van der Waals surface area contributed by atoms with E-state index in [0.717, 1.165) is 19.1 Å². The van der Waals surface area contributed by atoms with Gasteiger partial charge in [-0.05, 0) is 18.6 Å². The minimum Gasteiger partial charge on any atom is -0.454 e. The number of unbranched alkanes of at least 4 members (excludes halogenated alkanes) is 1. The molecule has 2 rings (SSSR count). The molecule has 0 spiro atoms. The lowest BCUT2D eigenvalue weighted by Gasteiger charge is -2.22. The Hall–Kier alpha value is -1.96. The molecule has 0 fully saturated rings. The Morgan fingerprint density at radius 2 is 2.04 bits per heavy atom. The Bertz CT molecular complexity index is 660. The molecular weight excluding hydrogens is 320 g/mol. The Kier molecular flexibility index (Phi) is 5.70. The first-order chi connectivity index (χ1) is 10.9. The number of nitrogens with one attached hydrogen (secondary N) is 1. The second-order valence-corrected chi connectivity index (χ2v) is 7.23. The van der Waals surface area contributed by atoms with Crippen LogP contribution in [0.15, 0.2) is 18.2 Å².